The molecule has 1 aromatic heterocycles. The molecule has 0 unspecified atom stereocenters. The summed E-state index contributed by atoms with van der Waals surface area (Å²) in [5.41, 5.74) is 1.87. The van der Waals surface area contributed by atoms with Gasteiger partial charge in [0.05, 0.1) is 24.8 Å². The maximum Gasteiger partial charge on any atom is 0.345 e. The van der Waals surface area contributed by atoms with E-state index >= 15 is 0 Å². The number of morpholine rings is 1. The second kappa shape index (κ2) is 7.56. The number of amides is 1. The van der Waals surface area contributed by atoms with E-state index in [0.717, 1.165) is 11.3 Å². The molecule has 1 fully saturated rings. The number of rotatable bonds is 4. The van der Waals surface area contributed by atoms with Crippen LogP contribution in [0.25, 0.3) is 16.0 Å². The summed E-state index contributed by atoms with van der Waals surface area (Å²) in [6, 6.07) is 6.88. The van der Waals surface area contributed by atoms with E-state index in [-0.39, 0.29) is 10.8 Å². The molecule has 1 aromatic carbocycles. The van der Waals surface area contributed by atoms with E-state index < -0.39 is 5.97 Å². The summed E-state index contributed by atoms with van der Waals surface area (Å²) in [6.45, 7) is 11.4. The maximum atomic E-state index is 11.8. The highest BCUT2D eigenvalue weighted by atomic mass is 32.1. The lowest BCUT2D eigenvalue weighted by Crippen LogP contribution is -2.35. The first-order chi connectivity index (χ1) is 12.5. The summed E-state index contributed by atoms with van der Waals surface area (Å²) in [6.07, 6.45) is 0. The Balaban J connectivity index is 2.14. The zero-order valence-corrected chi connectivity index (χ0v) is 14.9. The van der Waals surface area contributed by atoms with Gasteiger partial charge in [0.2, 0.25) is 11.6 Å². The van der Waals surface area contributed by atoms with Crippen molar-refractivity contribution < 1.29 is 19.4 Å². The summed E-state index contributed by atoms with van der Waals surface area (Å²) in [5, 5.41) is 13.0. The van der Waals surface area contributed by atoms with Gasteiger partial charge in [-0.3, -0.25) is 4.79 Å². The molecule has 2 N–H and O–H groups in total. The highest BCUT2D eigenvalue weighted by molar-refractivity contribution is 7.19. The van der Waals surface area contributed by atoms with Crippen LogP contribution in [0.2, 0.25) is 0 Å². The van der Waals surface area contributed by atoms with Crippen LogP contribution < -0.4 is 10.2 Å². The molecule has 0 atom stereocenters. The summed E-state index contributed by atoms with van der Waals surface area (Å²) in [7, 11) is 0. The minimum atomic E-state index is -1.07. The first kappa shape index (κ1) is 17.9. The Bertz CT molecular complexity index is 894. The molecule has 26 heavy (non-hydrogen) atoms. The molecule has 0 saturated carbocycles. The van der Waals surface area contributed by atoms with Crippen molar-refractivity contribution in [2.75, 3.05) is 36.5 Å². The fourth-order valence-electron chi connectivity index (χ4n) is 2.87. The zero-order chi connectivity index (χ0) is 18.7. The van der Waals surface area contributed by atoms with Crippen molar-refractivity contribution in [2.24, 2.45) is 0 Å². The second-order valence-electron chi connectivity index (χ2n) is 5.74. The van der Waals surface area contributed by atoms with Gasteiger partial charge in [0.15, 0.2) is 0 Å². The molecule has 2 heterocycles. The number of hydrogen-bond acceptors (Lipinski definition) is 5. The van der Waals surface area contributed by atoms with Crippen LogP contribution in [-0.2, 0) is 9.53 Å². The summed E-state index contributed by atoms with van der Waals surface area (Å²) in [5.74, 6) is -1.29. The number of aromatic carboxylic acids is 1. The van der Waals surface area contributed by atoms with E-state index in [1.807, 2.05) is 4.90 Å². The predicted octanol–water partition coefficient (Wildman–Crippen LogP) is 3.46. The van der Waals surface area contributed by atoms with Crippen molar-refractivity contribution in [1.29, 1.82) is 0 Å². The van der Waals surface area contributed by atoms with Crippen LogP contribution in [0.1, 0.15) is 16.6 Å². The van der Waals surface area contributed by atoms with Gasteiger partial charge in [0.1, 0.15) is 4.88 Å². The lowest BCUT2D eigenvalue weighted by Gasteiger charge is -2.28. The zero-order valence-electron chi connectivity index (χ0n) is 14.1. The Morgan fingerprint density at radius 1 is 1.35 bits per heavy atom. The van der Waals surface area contributed by atoms with Crippen molar-refractivity contribution in [3.8, 4) is 11.1 Å². The molecular formula is C18H17N3O4S. The minimum absolute atomic E-state index is 0.123. The van der Waals surface area contributed by atoms with E-state index in [2.05, 4.69) is 10.2 Å². The first-order valence-electron chi connectivity index (χ1n) is 7.99. The summed E-state index contributed by atoms with van der Waals surface area (Å²) >= 11 is 1.11. The fourth-order valence-corrected chi connectivity index (χ4v) is 4.02. The molecule has 2 aromatic rings. The average molecular weight is 371 g/mol. The van der Waals surface area contributed by atoms with E-state index in [4.69, 9.17) is 11.3 Å². The van der Waals surface area contributed by atoms with Crippen LogP contribution in [0.5, 0.6) is 0 Å². The molecule has 0 spiro atoms. The van der Waals surface area contributed by atoms with Crippen LogP contribution in [-0.4, -0.2) is 43.3 Å². The molecule has 8 heteroatoms. The molecule has 0 aliphatic carbocycles. The van der Waals surface area contributed by atoms with Gasteiger partial charge < -0.3 is 20.1 Å². The topological polar surface area (TPSA) is 83.2 Å². The molecule has 7 nitrogen and oxygen atoms in total. The molecule has 0 radical (unpaired) electrons. The van der Waals surface area contributed by atoms with Gasteiger partial charge in [-0.2, -0.15) is 0 Å². The smallest absolute Gasteiger partial charge is 0.345 e. The number of carbonyl (C=O) groups excluding carboxylic acids is 1. The number of hydrogen-bond donors (Lipinski definition) is 2. The molecule has 0 bridgehead atoms. The van der Waals surface area contributed by atoms with Gasteiger partial charge in [-0.1, -0.05) is 12.1 Å². The molecule has 1 aliphatic heterocycles. The largest absolute Gasteiger partial charge is 0.477 e. The highest BCUT2D eigenvalue weighted by Crippen LogP contribution is 2.48. The molecule has 1 saturated heterocycles. The first-order valence-corrected chi connectivity index (χ1v) is 8.81. The van der Waals surface area contributed by atoms with Crippen LogP contribution in [0.3, 0.4) is 0 Å². The number of nitrogens with one attached hydrogen (secondary N) is 1. The maximum absolute atomic E-state index is 11.8. The number of benzene rings is 1. The second-order valence-corrected chi connectivity index (χ2v) is 6.74. The number of nitrogens with zero attached hydrogens (tertiary/aromatic N) is 2. The van der Waals surface area contributed by atoms with Crippen LogP contribution in [0, 0.1) is 6.57 Å². The lowest BCUT2D eigenvalue weighted by molar-refractivity contribution is -0.114. The summed E-state index contributed by atoms with van der Waals surface area (Å²) < 4.78 is 5.35. The Morgan fingerprint density at radius 3 is 2.69 bits per heavy atom. The normalized spacial score (nSPS) is 13.9. The van der Waals surface area contributed by atoms with E-state index in [0.29, 0.717) is 53.8 Å². The quantitative estimate of drug-likeness (QED) is 0.804. The molecule has 134 valence electrons. The third-order valence-corrected chi connectivity index (χ3v) is 5.17. The van der Waals surface area contributed by atoms with Crippen LogP contribution >= 0.6 is 11.3 Å². The molecule has 1 amide bonds. The van der Waals surface area contributed by atoms with Gasteiger partial charge in [0.25, 0.3) is 0 Å². The molecule has 1 aliphatic rings. The van der Waals surface area contributed by atoms with E-state index in [1.54, 1.807) is 24.3 Å². The molecule has 3 rings (SSSR count). The average Bonchev–Trinajstić information content (AvgIpc) is 3.02. The number of ether oxygens (including phenoxy) is 1. The van der Waals surface area contributed by atoms with Crippen LogP contribution in [0.4, 0.5) is 16.4 Å². The SMILES string of the molecule is [C-]#[N+]c1c(N2CCOCC2)sc(C(=O)O)c1-c1cccc(NC(C)=O)c1. The summed E-state index contributed by atoms with van der Waals surface area (Å²) in [4.78, 5) is 28.9. The number of carboxylic acid groups (broad SMARTS) is 1. The number of anilines is 2. The van der Waals surface area contributed by atoms with Crippen LogP contribution in [0.15, 0.2) is 24.3 Å². The standard InChI is InChI=1S/C18H17N3O4S/c1-11(22)20-13-5-3-4-12(10-13)14-15(19-2)17(26-16(14)18(23)24)21-6-8-25-9-7-21/h3-5,10H,6-9H2,1H3,(H,20,22)(H,23,24). The van der Waals surface area contributed by atoms with Gasteiger partial charge >= 0.3 is 5.97 Å². The van der Waals surface area contributed by atoms with Gasteiger partial charge in [-0.05, 0) is 17.7 Å². The predicted molar refractivity (Wildman–Crippen MR) is 100 cm³/mol. The van der Waals surface area contributed by atoms with E-state index in [1.165, 1.54) is 6.92 Å². The molecular weight excluding hydrogens is 354 g/mol. The van der Waals surface area contributed by atoms with Crippen molar-refractivity contribution in [1.82, 2.24) is 0 Å². The van der Waals surface area contributed by atoms with Crippen molar-refractivity contribution in [3.05, 3.63) is 40.6 Å². The van der Waals surface area contributed by atoms with Gasteiger partial charge in [-0.25, -0.2) is 9.64 Å². The minimum Gasteiger partial charge on any atom is -0.477 e. The third kappa shape index (κ3) is 3.54. The third-order valence-electron chi connectivity index (χ3n) is 3.94. The number of carboxylic acids is 1. The van der Waals surface area contributed by atoms with Gasteiger partial charge in [-0.15, -0.1) is 11.3 Å². The fraction of sp³-hybridized carbons (Fsp3) is 0.278. The Hall–Kier alpha value is -2.89. The number of carbonyl (C=O) groups is 2. The lowest BCUT2D eigenvalue weighted by atomic mass is 10.0. The van der Waals surface area contributed by atoms with Gasteiger partial charge in [0, 0.05) is 31.3 Å². The van der Waals surface area contributed by atoms with Crippen molar-refractivity contribution >= 4 is 39.6 Å². The van der Waals surface area contributed by atoms with Crippen molar-refractivity contribution in [3.63, 3.8) is 0 Å². The Labute approximate surface area is 154 Å². The number of thiophene rings is 1. The van der Waals surface area contributed by atoms with Crippen molar-refractivity contribution in [2.45, 2.75) is 6.92 Å². The highest BCUT2D eigenvalue weighted by Gasteiger charge is 2.27. The Morgan fingerprint density at radius 2 is 2.08 bits per heavy atom. The Kier molecular flexibility index (Phi) is 5.21. The van der Waals surface area contributed by atoms with E-state index in [9.17, 15) is 14.7 Å². The monoisotopic (exact) mass is 371 g/mol.